The number of rotatable bonds is 2. The Hall–Kier alpha value is -0.0800. The molecule has 0 bridgehead atoms. The number of hydrogen-bond donors (Lipinski definition) is 1. The highest BCUT2D eigenvalue weighted by Crippen LogP contribution is 2.37. The molecule has 0 aromatic rings. The van der Waals surface area contributed by atoms with Gasteiger partial charge in [0.2, 0.25) is 0 Å². The van der Waals surface area contributed by atoms with Crippen LogP contribution in [0.15, 0.2) is 0 Å². The van der Waals surface area contributed by atoms with Gasteiger partial charge in [-0.3, -0.25) is 4.90 Å². The van der Waals surface area contributed by atoms with E-state index in [-0.39, 0.29) is 0 Å². The summed E-state index contributed by atoms with van der Waals surface area (Å²) in [5.41, 5.74) is 0. The average molecular weight is 236 g/mol. The quantitative estimate of drug-likeness (QED) is 0.793. The molecular weight excluding hydrogens is 208 g/mol. The molecular formula is C15H28N2. The number of nitrogens with one attached hydrogen (secondary N) is 1. The molecule has 2 heterocycles. The van der Waals surface area contributed by atoms with E-state index in [4.69, 9.17) is 0 Å². The Labute approximate surface area is 106 Å². The van der Waals surface area contributed by atoms with E-state index < -0.39 is 0 Å². The summed E-state index contributed by atoms with van der Waals surface area (Å²) in [6.45, 7) is 6.37. The summed E-state index contributed by atoms with van der Waals surface area (Å²) in [4.78, 5) is 2.83. The minimum absolute atomic E-state index is 0.767. The van der Waals surface area contributed by atoms with Crippen LogP contribution in [0.2, 0.25) is 0 Å². The third-order valence-electron chi connectivity index (χ3n) is 5.47. The first-order valence-electron chi connectivity index (χ1n) is 7.82. The summed E-state index contributed by atoms with van der Waals surface area (Å²) >= 11 is 0. The van der Waals surface area contributed by atoms with Crippen molar-refractivity contribution in [3.8, 4) is 0 Å². The second-order valence-corrected chi connectivity index (χ2v) is 6.58. The highest BCUT2D eigenvalue weighted by molar-refractivity contribution is 4.92. The monoisotopic (exact) mass is 236 g/mol. The van der Waals surface area contributed by atoms with Gasteiger partial charge >= 0.3 is 0 Å². The van der Waals surface area contributed by atoms with Gasteiger partial charge in [-0.25, -0.2) is 0 Å². The van der Waals surface area contributed by atoms with Gasteiger partial charge in [0.05, 0.1) is 0 Å². The molecule has 2 nitrogen and oxygen atoms in total. The zero-order valence-corrected chi connectivity index (χ0v) is 11.3. The second kappa shape index (κ2) is 5.27. The van der Waals surface area contributed by atoms with Crippen molar-refractivity contribution in [3.63, 3.8) is 0 Å². The van der Waals surface area contributed by atoms with Crippen molar-refractivity contribution < 1.29 is 0 Å². The molecule has 0 aromatic heterocycles. The maximum absolute atomic E-state index is 3.75. The first-order valence-corrected chi connectivity index (χ1v) is 7.82. The van der Waals surface area contributed by atoms with Gasteiger partial charge in [-0.1, -0.05) is 13.3 Å². The zero-order valence-electron chi connectivity index (χ0n) is 11.3. The molecule has 2 saturated heterocycles. The lowest BCUT2D eigenvalue weighted by Gasteiger charge is -2.42. The largest absolute Gasteiger partial charge is 0.312 e. The molecule has 3 rings (SSSR count). The van der Waals surface area contributed by atoms with Crippen LogP contribution < -0.4 is 5.32 Å². The van der Waals surface area contributed by atoms with Crippen molar-refractivity contribution in [1.29, 1.82) is 0 Å². The maximum atomic E-state index is 3.75. The first-order chi connectivity index (χ1) is 8.34. The van der Waals surface area contributed by atoms with Crippen molar-refractivity contribution in [3.05, 3.63) is 0 Å². The molecule has 17 heavy (non-hydrogen) atoms. The molecule has 0 aromatic carbocycles. The summed E-state index contributed by atoms with van der Waals surface area (Å²) in [5.74, 6) is 1.92. The average Bonchev–Trinajstić information content (AvgIpc) is 2.81. The van der Waals surface area contributed by atoms with Crippen molar-refractivity contribution in [1.82, 2.24) is 10.2 Å². The van der Waals surface area contributed by atoms with Gasteiger partial charge in [-0.05, 0) is 63.5 Å². The van der Waals surface area contributed by atoms with E-state index in [1.54, 1.807) is 0 Å². The summed E-state index contributed by atoms with van der Waals surface area (Å²) in [7, 11) is 0. The van der Waals surface area contributed by atoms with Gasteiger partial charge in [0.1, 0.15) is 0 Å². The Bertz CT molecular complexity index is 253. The standard InChI is InChI=1S/C15H28N2/c1-12-5-3-9-16-14(12)11-17-10-4-7-13-6-2-8-15(13)17/h12-16H,2-11H2,1H3. The Morgan fingerprint density at radius 2 is 1.94 bits per heavy atom. The zero-order chi connectivity index (χ0) is 11.7. The molecule has 0 radical (unpaired) electrons. The van der Waals surface area contributed by atoms with Gasteiger partial charge in [0, 0.05) is 18.6 Å². The number of hydrogen-bond acceptors (Lipinski definition) is 2. The lowest BCUT2D eigenvalue weighted by molar-refractivity contribution is 0.0864. The number of piperidine rings is 2. The van der Waals surface area contributed by atoms with Crippen LogP contribution in [0.25, 0.3) is 0 Å². The van der Waals surface area contributed by atoms with Crippen LogP contribution in [0, 0.1) is 11.8 Å². The highest BCUT2D eigenvalue weighted by Gasteiger charge is 2.36. The van der Waals surface area contributed by atoms with Gasteiger partial charge in [-0.15, -0.1) is 0 Å². The first kappa shape index (κ1) is 12.0. The number of fused-ring (bicyclic) bond motifs is 1. The van der Waals surface area contributed by atoms with Crippen LogP contribution in [0.1, 0.15) is 51.9 Å². The molecule has 0 amide bonds. The van der Waals surface area contributed by atoms with E-state index in [0.29, 0.717) is 0 Å². The van der Waals surface area contributed by atoms with E-state index in [1.807, 2.05) is 0 Å². The molecule has 1 aliphatic carbocycles. The summed E-state index contributed by atoms with van der Waals surface area (Å²) in [5, 5.41) is 3.75. The molecule has 3 aliphatic rings. The predicted octanol–water partition coefficient (Wildman–Crippen LogP) is 2.64. The fourth-order valence-corrected chi connectivity index (χ4v) is 4.39. The smallest absolute Gasteiger partial charge is 0.0220 e. The lowest BCUT2D eigenvalue weighted by Crippen LogP contribution is -2.52. The Morgan fingerprint density at radius 1 is 1.06 bits per heavy atom. The lowest BCUT2D eigenvalue weighted by atomic mass is 9.88. The molecule has 2 aliphatic heterocycles. The maximum Gasteiger partial charge on any atom is 0.0220 e. The van der Waals surface area contributed by atoms with Crippen molar-refractivity contribution in [2.45, 2.75) is 64.0 Å². The van der Waals surface area contributed by atoms with E-state index in [0.717, 1.165) is 23.9 Å². The summed E-state index contributed by atoms with van der Waals surface area (Å²) in [6, 6.07) is 1.71. The Kier molecular flexibility index (Phi) is 3.72. The van der Waals surface area contributed by atoms with Gasteiger partial charge in [0.15, 0.2) is 0 Å². The fourth-order valence-electron chi connectivity index (χ4n) is 4.39. The highest BCUT2D eigenvalue weighted by atomic mass is 15.2. The molecule has 2 heteroatoms. The SMILES string of the molecule is CC1CCCNC1CN1CCCC2CCCC21. The van der Waals surface area contributed by atoms with E-state index in [2.05, 4.69) is 17.1 Å². The molecule has 98 valence electrons. The van der Waals surface area contributed by atoms with Gasteiger partial charge in [0.25, 0.3) is 0 Å². The third kappa shape index (κ3) is 2.53. The second-order valence-electron chi connectivity index (χ2n) is 6.58. The molecule has 4 unspecified atom stereocenters. The van der Waals surface area contributed by atoms with Crippen LogP contribution in [-0.2, 0) is 0 Å². The van der Waals surface area contributed by atoms with Crippen LogP contribution in [-0.4, -0.2) is 36.6 Å². The molecule has 3 fully saturated rings. The van der Waals surface area contributed by atoms with Crippen LogP contribution in [0.4, 0.5) is 0 Å². The van der Waals surface area contributed by atoms with E-state index in [9.17, 15) is 0 Å². The predicted molar refractivity (Wildman–Crippen MR) is 72.1 cm³/mol. The fraction of sp³-hybridized carbons (Fsp3) is 1.00. The topological polar surface area (TPSA) is 15.3 Å². The Balaban J connectivity index is 1.59. The van der Waals surface area contributed by atoms with Gasteiger partial charge in [-0.2, -0.15) is 0 Å². The van der Waals surface area contributed by atoms with Crippen LogP contribution in [0.3, 0.4) is 0 Å². The molecule has 0 spiro atoms. The number of nitrogens with zero attached hydrogens (tertiary/aromatic N) is 1. The summed E-state index contributed by atoms with van der Waals surface area (Å²) < 4.78 is 0. The van der Waals surface area contributed by atoms with Crippen LogP contribution in [0.5, 0.6) is 0 Å². The van der Waals surface area contributed by atoms with E-state index in [1.165, 1.54) is 64.6 Å². The molecule has 1 N–H and O–H groups in total. The molecule has 1 saturated carbocycles. The third-order valence-corrected chi connectivity index (χ3v) is 5.47. The Morgan fingerprint density at radius 3 is 2.82 bits per heavy atom. The number of likely N-dealkylation sites (tertiary alicyclic amines) is 1. The molecule has 4 atom stereocenters. The van der Waals surface area contributed by atoms with Crippen molar-refractivity contribution in [2.24, 2.45) is 11.8 Å². The summed E-state index contributed by atoms with van der Waals surface area (Å²) in [6.07, 6.45) is 10.2. The van der Waals surface area contributed by atoms with Crippen molar-refractivity contribution >= 4 is 0 Å². The minimum atomic E-state index is 0.767. The normalized spacial score (nSPS) is 43.6. The van der Waals surface area contributed by atoms with Gasteiger partial charge < -0.3 is 5.32 Å². The van der Waals surface area contributed by atoms with Crippen molar-refractivity contribution in [2.75, 3.05) is 19.6 Å². The minimum Gasteiger partial charge on any atom is -0.312 e. The van der Waals surface area contributed by atoms with Crippen LogP contribution >= 0.6 is 0 Å². The van der Waals surface area contributed by atoms with E-state index >= 15 is 0 Å².